The predicted molar refractivity (Wildman–Crippen MR) is 78.4 cm³/mol. The second kappa shape index (κ2) is 6.25. The lowest BCUT2D eigenvalue weighted by molar-refractivity contribution is -0.131. The van der Waals surface area contributed by atoms with Gasteiger partial charge in [-0.05, 0) is 42.8 Å². The second-order valence-corrected chi connectivity index (χ2v) is 5.30. The summed E-state index contributed by atoms with van der Waals surface area (Å²) in [7, 11) is 0. The van der Waals surface area contributed by atoms with E-state index in [4.69, 9.17) is 5.11 Å². The molecule has 0 aliphatic heterocycles. The first kappa shape index (κ1) is 13.4. The summed E-state index contributed by atoms with van der Waals surface area (Å²) >= 11 is 1.69. The summed E-state index contributed by atoms with van der Waals surface area (Å²) in [4.78, 5) is 12.7. The van der Waals surface area contributed by atoms with Crippen molar-refractivity contribution in [2.24, 2.45) is 0 Å². The average Bonchev–Trinajstić information content (AvgIpc) is 2.40. The molecule has 0 atom stereocenters. The Morgan fingerprint density at radius 1 is 1.00 bits per heavy atom. The first-order valence-electron chi connectivity index (χ1n) is 5.89. The maximum Gasteiger partial charge on any atom is 0.328 e. The van der Waals surface area contributed by atoms with Gasteiger partial charge in [0.1, 0.15) is 0 Å². The minimum Gasteiger partial charge on any atom is -0.478 e. The Labute approximate surface area is 116 Å². The molecule has 1 N–H and O–H groups in total. The fraction of sp³-hybridized carbons (Fsp3) is 0.0625. The molecule has 0 aliphatic carbocycles. The minimum atomic E-state index is -0.932. The van der Waals surface area contributed by atoms with E-state index in [1.165, 1.54) is 10.5 Å². The van der Waals surface area contributed by atoms with E-state index >= 15 is 0 Å². The van der Waals surface area contributed by atoms with Gasteiger partial charge in [0.15, 0.2) is 0 Å². The van der Waals surface area contributed by atoms with Gasteiger partial charge in [0.25, 0.3) is 0 Å². The van der Waals surface area contributed by atoms with Gasteiger partial charge in [-0.15, -0.1) is 0 Å². The summed E-state index contributed by atoms with van der Waals surface area (Å²) < 4.78 is 0. The summed E-state index contributed by atoms with van der Waals surface area (Å²) in [5.74, 6) is -0.932. The standard InChI is InChI=1S/C16H14O2S/c1-12-2-7-14(8-3-12)19-15-9-4-13(5-10-15)6-11-16(17)18/h2-11H,1H3,(H,17,18)/b11-6+. The lowest BCUT2D eigenvalue weighted by Crippen LogP contribution is -1.85. The summed E-state index contributed by atoms with van der Waals surface area (Å²) in [6, 6.07) is 16.2. The van der Waals surface area contributed by atoms with Gasteiger partial charge in [-0.25, -0.2) is 4.79 Å². The second-order valence-electron chi connectivity index (χ2n) is 4.16. The highest BCUT2D eigenvalue weighted by molar-refractivity contribution is 7.99. The molecule has 0 spiro atoms. The Kier molecular flexibility index (Phi) is 4.42. The van der Waals surface area contributed by atoms with Crippen LogP contribution in [0.3, 0.4) is 0 Å². The maximum absolute atomic E-state index is 10.4. The number of rotatable bonds is 4. The average molecular weight is 270 g/mol. The number of hydrogen-bond acceptors (Lipinski definition) is 2. The SMILES string of the molecule is Cc1ccc(Sc2ccc(/C=C/C(=O)O)cc2)cc1. The van der Waals surface area contributed by atoms with Gasteiger partial charge in [-0.2, -0.15) is 0 Å². The van der Waals surface area contributed by atoms with E-state index in [1.807, 2.05) is 24.3 Å². The van der Waals surface area contributed by atoms with Gasteiger partial charge in [0.05, 0.1) is 0 Å². The molecule has 0 amide bonds. The van der Waals surface area contributed by atoms with Crippen LogP contribution in [0.25, 0.3) is 6.08 Å². The third-order valence-corrected chi connectivity index (χ3v) is 3.57. The van der Waals surface area contributed by atoms with E-state index in [2.05, 4.69) is 31.2 Å². The van der Waals surface area contributed by atoms with Crippen molar-refractivity contribution in [1.29, 1.82) is 0 Å². The number of carboxylic acids is 1. The summed E-state index contributed by atoms with van der Waals surface area (Å²) in [5, 5.41) is 8.56. The largest absolute Gasteiger partial charge is 0.478 e. The van der Waals surface area contributed by atoms with E-state index in [9.17, 15) is 4.79 Å². The van der Waals surface area contributed by atoms with Crippen LogP contribution in [0.5, 0.6) is 0 Å². The molecular weight excluding hydrogens is 256 g/mol. The molecule has 0 unspecified atom stereocenters. The van der Waals surface area contributed by atoms with E-state index < -0.39 is 5.97 Å². The van der Waals surface area contributed by atoms with Crippen molar-refractivity contribution in [2.75, 3.05) is 0 Å². The van der Waals surface area contributed by atoms with Crippen molar-refractivity contribution in [3.63, 3.8) is 0 Å². The van der Waals surface area contributed by atoms with Gasteiger partial charge in [0.2, 0.25) is 0 Å². The Hall–Kier alpha value is -2.00. The molecule has 0 saturated carbocycles. The molecular formula is C16H14O2S. The molecule has 2 aromatic carbocycles. The smallest absolute Gasteiger partial charge is 0.328 e. The van der Waals surface area contributed by atoms with Gasteiger partial charge in [-0.1, -0.05) is 41.6 Å². The lowest BCUT2D eigenvalue weighted by atomic mass is 10.2. The molecule has 2 rings (SSSR count). The topological polar surface area (TPSA) is 37.3 Å². The van der Waals surface area contributed by atoms with E-state index in [0.717, 1.165) is 16.5 Å². The zero-order valence-electron chi connectivity index (χ0n) is 10.5. The van der Waals surface area contributed by atoms with E-state index in [-0.39, 0.29) is 0 Å². The molecule has 96 valence electrons. The van der Waals surface area contributed by atoms with Crippen molar-refractivity contribution in [3.8, 4) is 0 Å². The summed E-state index contributed by atoms with van der Waals surface area (Å²) in [6.45, 7) is 2.07. The minimum absolute atomic E-state index is 0.885. The lowest BCUT2D eigenvalue weighted by Gasteiger charge is -2.02. The normalized spacial score (nSPS) is 10.8. The highest BCUT2D eigenvalue weighted by Crippen LogP contribution is 2.27. The quantitative estimate of drug-likeness (QED) is 0.844. The molecule has 19 heavy (non-hydrogen) atoms. The third-order valence-electron chi connectivity index (χ3n) is 2.56. The molecule has 0 fully saturated rings. The van der Waals surface area contributed by atoms with Crippen molar-refractivity contribution in [1.82, 2.24) is 0 Å². The van der Waals surface area contributed by atoms with E-state index in [1.54, 1.807) is 17.8 Å². The van der Waals surface area contributed by atoms with Gasteiger partial charge in [0, 0.05) is 15.9 Å². The van der Waals surface area contributed by atoms with Crippen LogP contribution in [0.15, 0.2) is 64.4 Å². The molecule has 0 aliphatic rings. The van der Waals surface area contributed by atoms with Crippen molar-refractivity contribution >= 4 is 23.8 Å². The third kappa shape index (κ3) is 4.30. The molecule has 0 bridgehead atoms. The Bertz CT molecular complexity index is 583. The molecule has 2 nitrogen and oxygen atoms in total. The van der Waals surface area contributed by atoms with Crippen molar-refractivity contribution in [2.45, 2.75) is 16.7 Å². The van der Waals surface area contributed by atoms with Crippen LogP contribution >= 0.6 is 11.8 Å². The van der Waals surface area contributed by atoms with Crippen LogP contribution in [0, 0.1) is 6.92 Å². The zero-order chi connectivity index (χ0) is 13.7. The van der Waals surface area contributed by atoms with Crippen LogP contribution in [0.1, 0.15) is 11.1 Å². The predicted octanol–water partition coefficient (Wildman–Crippen LogP) is 4.24. The summed E-state index contributed by atoms with van der Waals surface area (Å²) in [6.07, 6.45) is 2.73. The molecule has 0 saturated heterocycles. The molecule has 2 aromatic rings. The highest BCUT2D eigenvalue weighted by Gasteiger charge is 1.97. The first-order valence-corrected chi connectivity index (χ1v) is 6.71. The fourth-order valence-corrected chi connectivity index (χ4v) is 2.37. The zero-order valence-corrected chi connectivity index (χ0v) is 11.4. The molecule has 3 heteroatoms. The molecule has 0 radical (unpaired) electrons. The highest BCUT2D eigenvalue weighted by atomic mass is 32.2. The van der Waals surface area contributed by atoms with Gasteiger partial charge >= 0.3 is 5.97 Å². The molecule has 0 aromatic heterocycles. The monoisotopic (exact) mass is 270 g/mol. The van der Waals surface area contributed by atoms with Crippen LogP contribution in [-0.2, 0) is 4.79 Å². The van der Waals surface area contributed by atoms with Crippen LogP contribution in [-0.4, -0.2) is 11.1 Å². The maximum atomic E-state index is 10.4. The Balaban J connectivity index is 2.06. The number of aryl methyl sites for hydroxylation is 1. The fourth-order valence-electron chi connectivity index (χ4n) is 1.56. The summed E-state index contributed by atoms with van der Waals surface area (Å²) in [5.41, 5.74) is 2.13. The van der Waals surface area contributed by atoms with Crippen LogP contribution in [0.2, 0.25) is 0 Å². The number of hydrogen-bond donors (Lipinski definition) is 1. The molecule has 0 heterocycles. The first-order chi connectivity index (χ1) is 9.13. The van der Waals surface area contributed by atoms with Crippen molar-refractivity contribution in [3.05, 3.63) is 65.7 Å². The van der Waals surface area contributed by atoms with Crippen LogP contribution < -0.4 is 0 Å². The van der Waals surface area contributed by atoms with Crippen LogP contribution in [0.4, 0.5) is 0 Å². The van der Waals surface area contributed by atoms with Gasteiger partial charge < -0.3 is 5.11 Å². The number of aliphatic carboxylic acids is 1. The number of carboxylic acid groups (broad SMARTS) is 1. The Morgan fingerprint density at radius 2 is 1.53 bits per heavy atom. The van der Waals surface area contributed by atoms with E-state index in [0.29, 0.717) is 0 Å². The Morgan fingerprint density at radius 3 is 2.05 bits per heavy atom. The van der Waals surface area contributed by atoms with Gasteiger partial charge in [-0.3, -0.25) is 0 Å². The number of benzene rings is 2. The van der Waals surface area contributed by atoms with Crippen molar-refractivity contribution < 1.29 is 9.90 Å². The number of carbonyl (C=O) groups is 1.